The smallest absolute Gasteiger partial charge is 0.251 e. The molecule has 10 heteroatoms. The Bertz CT molecular complexity index is 1310. The summed E-state index contributed by atoms with van der Waals surface area (Å²) in [6.07, 6.45) is 6.68. The molecule has 1 saturated heterocycles. The van der Waals surface area contributed by atoms with Crippen molar-refractivity contribution in [3.8, 4) is 0 Å². The second-order valence-corrected chi connectivity index (χ2v) is 12.4. The SMILES string of the molecule is CCCN(C(C)=O)c1cc(C(=O)NC(Cc2ccccc2)[C@H](O)CN[C@@H](C)C(=O)NC2CCCCC2)cc(N2CCCC2=O)c1. The molecule has 3 atom stereocenters. The first-order chi connectivity index (χ1) is 21.7. The first-order valence-corrected chi connectivity index (χ1v) is 16.5. The molecule has 2 aromatic carbocycles. The molecule has 45 heavy (non-hydrogen) atoms. The van der Waals surface area contributed by atoms with E-state index in [4.69, 9.17) is 0 Å². The Hall–Kier alpha value is -3.76. The molecule has 1 unspecified atom stereocenters. The van der Waals surface area contributed by atoms with Crippen LogP contribution in [-0.4, -0.2) is 72.6 Å². The zero-order chi connectivity index (χ0) is 32.3. The molecule has 4 N–H and O–H groups in total. The second kappa shape index (κ2) is 16.5. The van der Waals surface area contributed by atoms with Gasteiger partial charge >= 0.3 is 0 Å². The van der Waals surface area contributed by atoms with Crippen molar-refractivity contribution in [2.24, 2.45) is 0 Å². The van der Waals surface area contributed by atoms with E-state index in [9.17, 15) is 24.3 Å². The van der Waals surface area contributed by atoms with E-state index >= 15 is 0 Å². The highest BCUT2D eigenvalue weighted by Crippen LogP contribution is 2.29. The van der Waals surface area contributed by atoms with Crippen molar-refractivity contribution in [1.29, 1.82) is 0 Å². The molecular weight excluding hydrogens is 570 g/mol. The highest BCUT2D eigenvalue weighted by molar-refractivity contribution is 6.02. The summed E-state index contributed by atoms with van der Waals surface area (Å²) in [7, 11) is 0. The Morgan fingerprint density at radius 1 is 1.04 bits per heavy atom. The van der Waals surface area contributed by atoms with Gasteiger partial charge in [-0.2, -0.15) is 0 Å². The number of carbonyl (C=O) groups excluding carboxylic acids is 4. The zero-order valence-electron chi connectivity index (χ0n) is 26.9. The summed E-state index contributed by atoms with van der Waals surface area (Å²) >= 11 is 0. The van der Waals surface area contributed by atoms with E-state index in [0.717, 1.165) is 44.1 Å². The number of nitrogens with zero attached hydrogens (tertiary/aromatic N) is 2. The minimum Gasteiger partial charge on any atom is -0.390 e. The van der Waals surface area contributed by atoms with Crippen molar-refractivity contribution < 1.29 is 24.3 Å². The third kappa shape index (κ3) is 9.61. The number of hydrogen-bond acceptors (Lipinski definition) is 6. The van der Waals surface area contributed by atoms with Crippen LogP contribution in [0.1, 0.15) is 88.1 Å². The topological polar surface area (TPSA) is 131 Å². The molecule has 4 rings (SSSR count). The molecule has 2 fully saturated rings. The van der Waals surface area contributed by atoms with Crippen molar-refractivity contribution in [1.82, 2.24) is 16.0 Å². The average Bonchev–Trinajstić information content (AvgIpc) is 3.48. The third-order valence-corrected chi connectivity index (χ3v) is 8.75. The number of aliphatic hydroxyl groups is 1. The summed E-state index contributed by atoms with van der Waals surface area (Å²) in [6.45, 7) is 6.35. The average molecular weight is 620 g/mol. The Labute approximate surface area is 266 Å². The van der Waals surface area contributed by atoms with Gasteiger partial charge in [0.25, 0.3) is 5.91 Å². The van der Waals surface area contributed by atoms with Crippen LogP contribution in [0.4, 0.5) is 11.4 Å². The molecule has 2 aromatic rings. The number of aliphatic hydroxyl groups excluding tert-OH is 1. The van der Waals surface area contributed by atoms with Gasteiger partial charge in [0.15, 0.2) is 0 Å². The van der Waals surface area contributed by atoms with Crippen molar-refractivity contribution in [3.63, 3.8) is 0 Å². The monoisotopic (exact) mass is 619 g/mol. The second-order valence-electron chi connectivity index (χ2n) is 12.4. The first kappa shape index (κ1) is 34.1. The van der Waals surface area contributed by atoms with Gasteiger partial charge in [0.2, 0.25) is 17.7 Å². The molecular formula is C35H49N5O5. The molecule has 0 bridgehead atoms. The van der Waals surface area contributed by atoms with Gasteiger partial charge < -0.3 is 30.9 Å². The Balaban J connectivity index is 1.53. The fraction of sp³-hybridized carbons (Fsp3) is 0.543. The van der Waals surface area contributed by atoms with Gasteiger partial charge in [-0.15, -0.1) is 0 Å². The van der Waals surface area contributed by atoms with Gasteiger partial charge in [0.05, 0.1) is 18.2 Å². The normalized spacial score (nSPS) is 17.4. The van der Waals surface area contributed by atoms with Crippen LogP contribution in [-0.2, 0) is 20.8 Å². The predicted octanol–water partition coefficient (Wildman–Crippen LogP) is 3.71. The van der Waals surface area contributed by atoms with E-state index in [-0.39, 0.29) is 30.3 Å². The van der Waals surface area contributed by atoms with Gasteiger partial charge in [0, 0.05) is 56.0 Å². The minimum atomic E-state index is -1.00. The van der Waals surface area contributed by atoms with Crippen LogP contribution in [0.5, 0.6) is 0 Å². The largest absolute Gasteiger partial charge is 0.390 e. The van der Waals surface area contributed by atoms with Gasteiger partial charge in [-0.25, -0.2) is 0 Å². The third-order valence-electron chi connectivity index (χ3n) is 8.75. The summed E-state index contributed by atoms with van der Waals surface area (Å²) in [5, 5.41) is 20.6. The fourth-order valence-electron chi connectivity index (χ4n) is 6.16. The molecule has 1 aliphatic heterocycles. The van der Waals surface area contributed by atoms with Gasteiger partial charge in [-0.05, 0) is 62.8 Å². The van der Waals surface area contributed by atoms with E-state index in [1.54, 1.807) is 34.9 Å². The summed E-state index contributed by atoms with van der Waals surface area (Å²) < 4.78 is 0. The van der Waals surface area contributed by atoms with E-state index in [1.807, 2.05) is 37.3 Å². The highest BCUT2D eigenvalue weighted by atomic mass is 16.3. The van der Waals surface area contributed by atoms with E-state index in [2.05, 4.69) is 16.0 Å². The highest BCUT2D eigenvalue weighted by Gasteiger charge is 2.28. The zero-order valence-corrected chi connectivity index (χ0v) is 26.9. The summed E-state index contributed by atoms with van der Waals surface area (Å²) in [5.74, 6) is -0.694. The lowest BCUT2D eigenvalue weighted by atomic mass is 9.95. The van der Waals surface area contributed by atoms with Crippen LogP contribution in [0.15, 0.2) is 48.5 Å². The number of anilines is 2. The lowest BCUT2D eigenvalue weighted by Crippen LogP contribution is -2.53. The van der Waals surface area contributed by atoms with Crippen molar-refractivity contribution in [3.05, 3.63) is 59.7 Å². The van der Waals surface area contributed by atoms with Crippen LogP contribution >= 0.6 is 0 Å². The molecule has 10 nitrogen and oxygen atoms in total. The number of nitrogens with one attached hydrogen (secondary N) is 3. The fourth-order valence-corrected chi connectivity index (χ4v) is 6.16. The Morgan fingerprint density at radius 3 is 2.42 bits per heavy atom. The van der Waals surface area contributed by atoms with Crippen LogP contribution in [0.3, 0.4) is 0 Å². The van der Waals surface area contributed by atoms with Gasteiger partial charge in [0.1, 0.15) is 0 Å². The molecule has 0 radical (unpaired) electrons. The molecule has 0 aromatic heterocycles. The lowest BCUT2D eigenvalue weighted by Gasteiger charge is -2.28. The number of benzene rings is 2. The van der Waals surface area contributed by atoms with Crippen LogP contribution in [0, 0.1) is 0 Å². The summed E-state index contributed by atoms with van der Waals surface area (Å²) in [5.41, 5.74) is 2.35. The standard InChI is InChI=1S/C35H49N5O5/c1-4-17-39(25(3)41)29-20-27(21-30(22-29)40-18-11-16-33(40)43)35(45)38-31(19-26-12-7-5-8-13-26)32(42)23-36-24(2)34(44)37-28-14-9-6-10-15-28/h5,7-8,12-13,20-22,24,28,31-32,36,42H,4,6,9-11,14-19,23H2,1-3H3,(H,37,44)(H,38,45)/t24-,31?,32+/m0/s1. The quantitative estimate of drug-likeness (QED) is 0.255. The van der Waals surface area contributed by atoms with E-state index in [1.165, 1.54) is 13.3 Å². The molecule has 1 heterocycles. The van der Waals surface area contributed by atoms with Crippen molar-refractivity contribution in [2.45, 2.75) is 103 Å². The summed E-state index contributed by atoms with van der Waals surface area (Å²) in [4.78, 5) is 55.1. The number of amides is 4. The Kier molecular flexibility index (Phi) is 12.5. The molecule has 0 spiro atoms. The van der Waals surface area contributed by atoms with Crippen LogP contribution in [0.25, 0.3) is 0 Å². The maximum atomic E-state index is 13.9. The van der Waals surface area contributed by atoms with E-state index in [0.29, 0.717) is 42.9 Å². The van der Waals surface area contributed by atoms with Crippen LogP contribution < -0.4 is 25.8 Å². The van der Waals surface area contributed by atoms with E-state index < -0.39 is 24.1 Å². The van der Waals surface area contributed by atoms with Crippen molar-refractivity contribution >= 4 is 35.0 Å². The lowest BCUT2D eigenvalue weighted by molar-refractivity contribution is -0.124. The maximum absolute atomic E-state index is 13.9. The predicted molar refractivity (Wildman–Crippen MR) is 176 cm³/mol. The molecule has 1 saturated carbocycles. The molecule has 2 aliphatic rings. The Morgan fingerprint density at radius 2 is 1.78 bits per heavy atom. The first-order valence-electron chi connectivity index (χ1n) is 16.5. The van der Waals surface area contributed by atoms with Crippen molar-refractivity contribution in [2.75, 3.05) is 29.4 Å². The minimum absolute atomic E-state index is 0.0199. The molecule has 4 amide bonds. The number of carbonyl (C=O) groups is 4. The van der Waals surface area contributed by atoms with Crippen LogP contribution in [0.2, 0.25) is 0 Å². The molecule has 244 valence electrons. The van der Waals surface area contributed by atoms with Gasteiger partial charge in [-0.1, -0.05) is 56.5 Å². The number of hydrogen-bond donors (Lipinski definition) is 4. The summed E-state index contributed by atoms with van der Waals surface area (Å²) in [6, 6.07) is 13.7. The van der Waals surface area contributed by atoms with Gasteiger partial charge in [-0.3, -0.25) is 19.2 Å². The molecule has 1 aliphatic carbocycles. The maximum Gasteiger partial charge on any atom is 0.251 e. The number of rotatable bonds is 14.